The topological polar surface area (TPSA) is 70.5 Å². The lowest BCUT2D eigenvalue weighted by Crippen LogP contribution is -2.38. The second-order valence-electron chi connectivity index (χ2n) is 4.97. The number of nitrogens with zero attached hydrogens (tertiary/aromatic N) is 2. The van der Waals surface area contributed by atoms with Crippen LogP contribution >= 0.6 is 0 Å². The van der Waals surface area contributed by atoms with Gasteiger partial charge in [-0.15, -0.1) is 0 Å². The summed E-state index contributed by atoms with van der Waals surface area (Å²) in [4.78, 5) is 28.6. The largest absolute Gasteiger partial charge is 0.481 e. The lowest BCUT2D eigenvalue weighted by atomic mass is 10.1. The molecule has 0 aliphatic carbocycles. The molecular weight excluding hydrogens is 244 g/mol. The number of hydrogen-bond donors (Lipinski definition) is 1. The quantitative estimate of drug-likeness (QED) is 0.850. The molecule has 1 aromatic rings. The monoisotopic (exact) mass is 264 g/mol. The van der Waals surface area contributed by atoms with Crippen molar-refractivity contribution in [2.45, 2.75) is 27.3 Å². The van der Waals surface area contributed by atoms with E-state index < -0.39 is 11.9 Å². The zero-order valence-electron chi connectivity index (χ0n) is 11.5. The highest BCUT2D eigenvalue weighted by Gasteiger charge is 2.22. The number of hydrogen-bond acceptors (Lipinski definition) is 3. The van der Waals surface area contributed by atoms with E-state index in [1.165, 1.54) is 0 Å². The van der Waals surface area contributed by atoms with Crippen LogP contribution in [-0.4, -0.2) is 33.4 Å². The van der Waals surface area contributed by atoms with Gasteiger partial charge in [-0.25, -0.2) is 0 Å². The molecule has 1 unspecified atom stereocenters. The van der Waals surface area contributed by atoms with Crippen molar-refractivity contribution in [3.63, 3.8) is 0 Å². The summed E-state index contributed by atoms with van der Waals surface area (Å²) in [6.45, 7) is 5.86. The predicted molar refractivity (Wildman–Crippen MR) is 71.3 cm³/mol. The SMILES string of the molecule is CC(C)C(=O)N(Cc1ccncc1)CC(C)C(=O)O. The van der Waals surface area contributed by atoms with Crippen molar-refractivity contribution >= 4 is 11.9 Å². The van der Waals surface area contributed by atoms with Crippen molar-refractivity contribution in [1.29, 1.82) is 0 Å². The van der Waals surface area contributed by atoms with Gasteiger partial charge in [0.1, 0.15) is 0 Å². The third kappa shape index (κ3) is 4.69. The van der Waals surface area contributed by atoms with Gasteiger partial charge in [0.15, 0.2) is 0 Å². The van der Waals surface area contributed by atoms with Crippen molar-refractivity contribution in [3.05, 3.63) is 30.1 Å². The smallest absolute Gasteiger partial charge is 0.308 e. The number of carboxylic acid groups (broad SMARTS) is 1. The van der Waals surface area contributed by atoms with Crippen molar-refractivity contribution in [2.24, 2.45) is 11.8 Å². The average molecular weight is 264 g/mol. The zero-order chi connectivity index (χ0) is 14.4. The van der Waals surface area contributed by atoms with E-state index >= 15 is 0 Å². The summed E-state index contributed by atoms with van der Waals surface area (Å²) in [5.74, 6) is -1.66. The number of pyridine rings is 1. The van der Waals surface area contributed by atoms with Gasteiger partial charge in [0.05, 0.1) is 5.92 Å². The standard InChI is InChI=1S/C14H20N2O3/c1-10(2)13(17)16(8-11(3)14(18)19)9-12-4-6-15-7-5-12/h4-7,10-11H,8-9H2,1-3H3,(H,18,19). The van der Waals surface area contributed by atoms with Gasteiger partial charge in [0, 0.05) is 31.4 Å². The number of amides is 1. The normalized spacial score (nSPS) is 12.2. The lowest BCUT2D eigenvalue weighted by molar-refractivity contribution is -0.144. The number of carbonyl (C=O) groups is 2. The Morgan fingerprint density at radius 2 is 1.84 bits per heavy atom. The fraction of sp³-hybridized carbons (Fsp3) is 0.500. The molecule has 1 N–H and O–H groups in total. The maximum absolute atomic E-state index is 12.1. The Morgan fingerprint density at radius 1 is 1.26 bits per heavy atom. The molecule has 0 aliphatic rings. The first-order valence-electron chi connectivity index (χ1n) is 6.32. The number of rotatable bonds is 6. The third-order valence-electron chi connectivity index (χ3n) is 2.84. The molecule has 104 valence electrons. The van der Waals surface area contributed by atoms with E-state index in [2.05, 4.69) is 4.98 Å². The molecule has 0 saturated carbocycles. The molecule has 0 radical (unpaired) electrons. The molecule has 1 heterocycles. The van der Waals surface area contributed by atoms with E-state index in [1.807, 2.05) is 26.0 Å². The van der Waals surface area contributed by atoms with Crippen LogP contribution in [0.2, 0.25) is 0 Å². The summed E-state index contributed by atoms with van der Waals surface area (Å²) in [7, 11) is 0. The Balaban J connectivity index is 2.81. The Hall–Kier alpha value is -1.91. The minimum absolute atomic E-state index is 0.0371. The molecule has 5 heteroatoms. The molecule has 0 aliphatic heterocycles. The van der Waals surface area contributed by atoms with Crippen molar-refractivity contribution in [1.82, 2.24) is 9.88 Å². The second-order valence-corrected chi connectivity index (χ2v) is 4.97. The molecule has 0 bridgehead atoms. The maximum Gasteiger partial charge on any atom is 0.308 e. The fourth-order valence-corrected chi connectivity index (χ4v) is 1.71. The first-order chi connectivity index (χ1) is 8.91. The fourth-order valence-electron chi connectivity index (χ4n) is 1.71. The van der Waals surface area contributed by atoms with Gasteiger partial charge in [-0.1, -0.05) is 20.8 Å². The van der Waals surface area contributed by atoms with E-state index in [1.54, 1.807) is 24.2 Å². The van der Waals surface area contributed by atoms with Crippen LogP contribution in [0, 0.1) is 11.8 Å². The highest BCUT2D eigenvalue weighted by molar-refractivity contribution is 5.79. The van der Waals surface area contributed by atoms with Crippen LogP contribution < -0.4 is 0 Å². The maximum atomic E-state index is 12.1. The first-order valence-corrected chi connectivity index (χ1v) is 6.32. The van der Waals surface area contributed by atoms with E-state index in [0.717, 1.165) is 5.56 Å². The van der Waals surface area contributed by atoms with Crippen molar-refractivity contribution < 1.29 is 14.7 Å². The van der Waals surface area contributed by atoms with Gasteiger partial charge in [-0.2, -0.15) is 0 Å². The average Bonchev–Trinajstić information content (AvgIpc) is 2.37. The van der Waals surface area contributed by atoms with Crippen LogP contribution in [0.5, 0.6) is 0 Å². The number of aromatic nitrogens is 1. The molecule has 1 atom stereocenters. The van der Waals surface area contributed by atoms with Gasteiger partial charge >= 0.3 is 5.97 Å². The molecule has 1 aromatic heterocycles. The molecule has 1 rings (SSSR count). The number of aliphatic carboxylic acids is 1. The van der Waals surface area contributed by atoms with E-state index in [0.29, 0.717) is 6.54 Å². The summed E-state index contributed by atoms with van der Waals surface area (Å²) >= 11 is 0. The van der Waals surface area contributed by atoms with Gasteiger partial charge in [0.25, 0.3) is 0 Å². The van der Waals surface area contributed by atoms with Gasteiger partial charge in [0.2, 0.25) is 5.91 Å². The van der Waals surface area contributed by atoms with E-state index in [9.17, 15) is 9.59 Å². The molecule has 0 fully saturated rings. The summed E-state index contributed by atoms with van der Waals surface area (Å²) in [5.41, 5.74) is 0.946. The molecule has 1 amide bonds. The first kappa shape index (κ1) is 15.1. The predicted octanol–water partition coefficient (Wildman–Crippen LogP) is 1.79. The van der Waals surface area contributed by atoms with E-state index in [4.69, 9.17) is 5.11 Å². The highest BCUT2D eigenvalue weighted by Crippen LogP contribution is 2.11. The van der Waals surface area contributed by atoms with Crippen molar-refractivity contribution in [2.75, 3.05) is 6.54 Å². The minimum atomic E-state index is -0.892. The minimum Gasteiger partial charge on any atom is -0.481 e. The molecule has 19 heavy (non-hydrogen) atoms. The second kappa shape index (κ2) is 6.87. The molecule has 0 spiro atoms. The van der Waals surface area contributed by atoms with Gasteiger partial charge in [-0.3, -0.25) is 14.6 Å². The Labute approximate surface area is 113 Å². The Bertz CT molecular complexity index is 432. The molecule has 0 saturated heterocycles. The summed E-state index contributed by atoms with van der Waals surface area (Å²) in [6.07, 6.45) is 3.32. The van der Waals surface area contributed by atoms with Gasteiger partial charge < -0.3 is 10.0 Å². The van der Waals surface area contributed by atoms with Crippen LogP contribution in [0.4, 0.5) is 0 Å². The molecule has 5 nitrogen and oxygen atoms in total. The summed E-state index contributed by atoms with van der Waals surface area (Å²) in [5, 5.41) is 8.97. The Kier molecular flexibility index (Phi) is 5.48. The molecule has 0 aromatic carbocycles. The lowest BCUT2D eigenvalue weighted by Gasteiger charge is -2.26. The third-order valence-corrected chi connectivity index (χ3v) is 2.84. The summed E-state index contributed by atoms with van der Waals surface area (Å²) in [6, 6.07) is 3.65. The zero-order valence-corrected chi connectivity index (χ0v) is 11.5. The van der Waals surface area contributed by atoms with E-state index in [-0.39, 0.29) is 18.4 Å². The van der Waals surface area contributed by atoms with Crippen LogP contribution in [-0.2, 0) is 16.1 Å². The Morgan fingerprint density at radius 3 is 2.32 bits per heavy atom. The van der Waals surface area contributed by atoms with Crippen LogP contribution in [0.25, 0.3) is 0 Å². The van der Waals surface area contributed by atoms with Crippen LogP contribution in [0.1, 0.15) is 26.3 Å². The van der Waals surface area contributed by atoms with Crippen molar-refractivity contribution in [3.8, 4) is 0 Å². The highest BCUT2D eigenvalue weighted by atomic mass is 16.4. The van der Waals surface area contributed by atoms with Gasteiger partial charge in [-0.05, 0) is 17.7 Å². The number of carbonyl (C=O) groups excluding carboxylic acids is 1. The molecular formula is C14H20N2O3. The summed E-state index contributed by atoms with van der Waals surface area (Å²) < 4.78 is 0. The van der Waals surface area contributed by atoms with Crippen LogP contribution in [0.3, 0.4) is 0 Å². The van der Waals surface area contributed by atoms with Crippen LogP contribution in [0.15, 0.2) is 24.5 Å². The number of carboxylic acids is 1.